The van der Waals surface area contributed by atoms with Crippen molar-refractivity contribution in [2.24, 2.45) is 5.10 Å². The normalized spacial score (nSPS) is 19.5. The Balaban J connectivity index is 1.72. The van der Waals surface area contributed by atoms with Gasteiger partial charge in [-0.25, -0.2) is 4.79 Å². The molecule has 1 heterocycles. The van der Waals surface area contributed by atoms with Gasteiger partial charge in [0.05, 0.1) is 6.21 Å². The third kappa shape index (κ3) is 4.33. The van der Waals surface area contributed by atoms with Gasteiger partial charge in [-0.3, -0.25) is 4.79 Å². The van der Waals surface area contributed by atoms with Crippen LogP contribution in [0.2, 0.25) is 0 Å². The molecule has 0 spiro atoms. The number of nitrogens with one attached hydrogen (secondary N) is 1. The zero-order valence-electron chi connectivity index (χ0n) is 15.1. The van der Waals surface area contributed by atoms with Gasteiger partial charge in [-0.05, 0) is 37.5 Å². The first-order chi connectivity index (χ1) is 13.4. The molecular weight excluding hydrogens is 368 g/mol. The Morgan fingerprint density at radius 2 is 1.82 bits per heavy atom. The summed E-state index contributed by atoms with van der Waals surface area (Å²) >= 11 is 0. The number of alkyl halides is 2. The van der Waals surface area contributed by atoms with E-state index in [9.17, 15) is 18.4 Å². The van der Waals surface area contributed by atoms with Crippen LogP contribution >= 0.6 is 0 Å². The van der Waals surface area contributed by atoms with Crippen molar-refractivity contribution in [3.8, 4) is 5.75 Å². The number of carbonyl (C=O) groups excluding carboxylic acids is 2. The fraction of sp³-hybridized carbons (Fsp3) is 0.250. The first-order valence-corrected chi connectivity index (χ1v) is 8.67. The van der Waals surface area contributed by atoms with Crippen LogP contribution in [0.5, 0.6) is 5.75 Å². The monoisotopic (exact) mass is 387 g/mol. The summed E-state index contributed by atoms with van der Waals surface area (Å²) in [5, 5.41) is 7.26. The maximum Gasteiger partial charge on any atom is 0.387 e. The van der Waals surface area contributed by atoms with E-state index in [1.54, 1.807) is 13.0 Å². The van der Waals surface area contributed by atoms with E-state index in [0.717, 1.165) is 11.8 Å². The van der Waals surface area contributed by atoms with Crippen molar-refractivity contribution < 1.29 is 23.1 Å². The molecule has 8 heteroatoms. The molecule has 146 valence electrons. The molecule has 1 atom stereocenters. The van der Waals surface area contributed by atoms with Crippen LogP contribution < -0.4 is 10.1 Å². The fourth-order valence-electron chi connectivity index (χ4n) is 2.89. The number of ether oxygens (including phenoxy) is 1. The molecule has 1 aliphatic rings. The third-order valence-electron chi connectivity index (χ3n) is 4.44. The summed E-state index contributed by atoms with van der Waals surface area (Å²) in [7, 11) is 0. The third-order valence-corrected chi connectivity index (χ3v) is 4.44. The lowest BCUT2D eigenvalue weighted by molar-refractivity contribution is -0.131. The van der Waals surface area contributed by atoms with Gasteiger partial charge in [0.25, 0.3) is 5.91 Å². The smallest absolute Gasteiger partial charge is 0.387 e. The molecule has 0 aliphatic carbocycles. The van der Waals surface area contributed by atoms with E-state index >= 15 is 0 Å². The second kappa shape index (κ2) is 8.16. The van der Waals surface area contributed by atoms with E-state index in [1.807, 2.05) is 30.3 Å². The SMILES string of the molecule is C[C@@]1(CCc2ccccc2)NC(=O)N(/N=C\c2ccccc2OC(F)F)C1=O. The lowest BCUT2D eigenvalue weighted by atomic mass is 9.93. The Labute approximate surface area is 160 Å². The number of benzene rings is 2. The molecule has 1 fully saturated rings. The fourth-order valence-corrected chi connectivity index (χ4v) is 2.89. The molecule has 2 aromatic rings. The van der Waals surface area contributed by atoms with Crippen LogP contribution in [0.1, 0.15) is 24.5 Å². The number of halogens is 2. The van der Waals surface area contributed by atoms with Gasteiger partial charge in [0.2, 0.25) is 0 Å². The summed E-state index contributed by atoms with van der Waals surface area (Å²) in [4.78, 5) is 24.9. The van der Waals surface area contributed by atoms with E-state index in [2.05, 4.69) is 15.2 Å². The van der Waals surface area contributed by atoms with Crippen molar-refractivity contribution in [1.29, 1.82) is 0 Å². The zero-order chi connectivity index (χ0) is 20.1. The highest BCUT2D eigenvalue weighted by atomic mass is 19.3. The van der Waals surface area contributed by atoms with Crippen LogP contribution in [0.25, 0.3) is 0 Å². The summed E-state index contributed by atoms with van der Waals surface area (Å²) in [5.74, 6) is -0.600. The van der Waals surface area contributed by atoms with Crippen LogP contribution in [0.15, 0.2) is 59.7 Å². The molecule has 0 saturated carbocycles. The van der Waals surface area contributed by atoms with Crippen LogP contribution in [-0.2, 0) is 11.2 Å². The predicted molar refractivity (Wildman–Crippen MR) is 99.2 cm³/mol. The Morgan fingerprint density at radius 3 is 2.54 bits per heavy atom. The number of amides is 3. The molecule has 28 heavy (non-hydrogen) atoms. The molecule has 0 bridgehead atoms. The molecular formula is C20H19F2N3O3. The topological polar surface area (TPSA) is 71.0 Å². The molecule has 3 rings (SSSR count). The van der Waals surface area contributed by atoms with Crippen LogP contribution in [0.4, 0.5) is 13.6 Å². The van der Waals surface area contributed by atoms with Gasteiger partial charge in [0.15, 0.2) is 0 Å². The maximum atomic E-state index is 12.7. The van der Waals surface area contributed by atoms with Crippen molar-refractivity contribution in [1.82, 2.24) is 10.3 Å². The van der Waals surface area contributed by atoms with Crippen LogP contribution in [0.3, 0.4) is 0 Å². The lowest BCUT2D eigenvalue weighted by Crippen LogP contribution is -2.44. The first kappa shape index (κ1) is 19.5. The summed E-state index contributed by atoms with van der Waals surface area (Å²) in [6, 6.07) is 14.9. The van der Waals surface area contributed by atoms with Gasteiger partial charge < -0.3 is 10.1 Å². The second-order valence-corrected chi connectivity index (χ2v) is 6.53. The van der Waals surface area contributed by atoms with Gasteiger partial charge in [0, 0.05) is 5.56 Å². The number of nitrogens with zero attached hydrogens (tertiary/aromatic N) is 2. The lowest BCUT2D eigenvalue weighted by Gasteiger charge is -2.20. The van der Waals surface area contributed by atoms with Gasteiger partial charge in [-0.1, -0.05) is 42.5 Å². The highest BCUT2D eigenvalue weighted by Crippen LogP contribution is 2.24. The molecule has 1 aliphatic heterocycles. The zero-order valence-corrected chi connectivity index (χ0v) is 15.1. The van der Waals surface area contributed by atoms with Crippen molar-refractivity contribution in [2.45, 2.75) is 31.9 Å². The number of carbonyl (C=O) groups is 2. The molecule has 0 aromatic heterocycles. The largest absolute Gasteiger partial charge is 0.434 e. The van der Waals surface area contributed by atoms with E-state index in [4.69, 9.17) is 0 Å². The summed E-state index contributed by atoms with van der Waals surface area (Å²) in [6.45, 7) is -1.35. The number of rotatable bonds is 7. The molecule has 1 saturated heterocycles. The minimum Gasteiger partial charge on any atom is -0.434 e. The van der Waals surface area contributed by atoms with E-state index in [0.29, 0.717) is 17.9 Å². The molecule has 1 N–H and O–H groups in total. The standard InChI is InChI=1S/C20H19F2N3O3/c1-20(12-11-14-7-3-2-4-8-14)17(26)25(19(27)24-20)23-13-15-9-5-6-10-16(15)28-18(21)22/h2-10,13,18H,11-12H2,1H3,(H,24,27)/b23-13-/t20-/m0/s1. The van der Waals surface area contributed by atoms with Gasteiger partial charge in [0.1, 0.15) is 11.3 Å². The Kier molecular flexibility index (Phi) is 5.67. The highest BCUT2D eigenvalue weighted by molar-refractivity contribution is 6.07. The number of hydrazone groups is 1. The maximum absolute atomic E-state index is 12.7. The molecule has 3 amide bonds. The van der Waals surface area contributed by atoms with E-state index in [-0.39, 0.29) is 11.3 Å². The van der Waals surface area contributed by atoms with E-state index in [1.165, 1.54) is 18.2 Å². The van der Waals surface area contributed by atoms with Gasteiger partial charge >= 0.3 is 12.6 Å². The van der Waals surface area contributed by atoms with Gasteiger partial charge in [-0.2, -0.15) is 13.9 Å². The molecule has 0 unspecified atom stereocenters. The second-order valence-electron chi connectivity index (χ2n) is 6.53. The Morgan fingerprint density at radius 1 is 1.14 bits per heavy atom. The average Bonchev–Trinajstić information content (AvgIpc) is 2.89. The minimum atomic E-state index is -2.99. The first-order valence-electron chi connectivity index (χ1n) is 8.67. The number of urea groups is 1. The number of imide groups is 1. The quantitative estimate of drug-likeness (QED) is 0.583. The van der Waals surface area contributed by atoms with Crippen LogP contribution in [-0.4, -0.2) is 35.3 Å². The minimum absolute atomic E-state index is 0.0971. The summed E-state index contributed by atoms with van der Waals surface area (Å²) < 4.78 is 29.4. The van der Waals surface area contributed by atoms with Crippen molar-refractivity contribution in [2.75, 3.05) is 0 Å². The van der Waals surface area contributed by atoms with Crippen molar-refractivity contribution in [3.63, 3.8) is 0 Å². The Bertz CT molecular complexity index is 889. The average molecular weight is 387 g/mol. The highest BCUT2D eigenvalue weighted by Gasteiger charge is 2.47. The predicted octanol–water partition coefficient (Wildman–Crippen LogP) is 3.57. The van der Waals surface area contributed by atoms with Crippen LogP contribution in [0, 0.1) is 0 Å². The number of hydrogen-bond donors (Lipinski definition) is 1. The number of para-hydroxylation sites is 1. The summed E-state index contributed by atoms with van der Waals surface area (Å²) in [5.41, 5.74) is 0.176. The molecule has 6 nitrogen and oxygen atoms in total. The van der Waals surface area contributed by atoms with Crippen molar-refractivity contribution in [3.05, 3.63) is 65.7 Å². The molecule has 0 radical (unpaired) electrons. The van der Waals surface area contributed by atoms with Crippen molar-refractivity contribution >= 4 is 18.2 Å². The number of aryl methyl sites for hydroxylation is 1. The number of hydrogen-bond acceptors (Lipinski definition) is 4. The van der Waals surface area contributed by atoms with Gasteiger partial charge in [-0.15, -0.1) is 5.01 Å². The molecule has 2 aromatic carbocycles. The Hall–Kier alpha value is -3.29. The van der Waals surface area contributed by atoms with E-state index < -0.39 is 24.1 Å². The summed E-state index contributed by atoms with van der Waals surface area (Å²) in [6.07, 6.45) is 2.16.